The van der Waals surface area contributed by atoms with Crippen LogP contribution >= 0.6 is 11.3 Å². The van der Waals surface area contributed by atoms with Crippen LogP contribution in [0.25, 0.3) is 10.2 Å². The van der Waals surface area contributed by atoms with E-state index in [1.54, 1.807) is 42.5 Å². The maximum Gasteiger partial charge on any atom is 0.270 e. The molecule has 3 aromatic rings. The lowest BCUT2D eigenvalue weighted by Gasteiger charge is -2.01. The third-order valence-electron chi connectivity index (χ3n) is 2.67. The van der Waals surface area contributed by atoms with Crippen molar-refractivity contribution in [1.29, 1.82) is 0 Å². The van der Waals surface area contributed by atoms with Gasteiger partial charge in [0, 0.05) is 11.1 Å². The van der Waals surface area contributed by atoms with E-state index in [9.17, 15) is 9.18 Å². The second-order valence-corrected chi connectivity index (χ2v) is 4.80. The number of hydrogen-bond acceptors (Lipinski definition) is 3. The quantitative estimate of drug-likeness (QED) is 0.656. The van der Waals surface area contributed by atoms with Crippen LogP contribution in [0.3, 0.4) is 0 Å². The topological polar surface area (TPSA) is 30.0 Å². The number of nitrogens with zero attached hydrogens (tertiary/aromatic N) is 1. The third kappa shape index (κ3) is 1.80. The number of carbonyl (C=O) groups excluding carboxylic acids is 1. The predicted molar refractivity (Wildman–Crippen MR) is 69.5 cm³/mol. The van der Waals surface area contributed by atoms with E-state index in [1.165, 1.54) is 0 Å². The molecule has 88 valence electrons. The molecule has 0 spiro atoms. The van der Waals surface area contributed by atoms with Crippen LogP contribution in [0.4, 0.5) is 4.39 Å². The molecule has 0 aliphatic carbocycles. The Morgan fingerprint density at radius 1 is 1.06 bits per heavy atom. The molecule has 2 aromatic carbocycles. The SMILES string of the molecule is O=C(c1ccccc1)c1cccc2sc(F)nc12. The molecule has 4 heteroatoms. The van der Waals surface area contributed by atoms with E-state index < -0.39 is 5.26 Å². The number of thiazole rings is 1. The van der Waals surface area contributed by atoms with Gasteiger partial charge in [-0.1, -0.05) is 47.7 Å². The Morgan fingerprint density at radius 2 is 1.83 bits per heavy atom. The second-order valence-electron chi connectivity index (χ2n) is 3.81. The van der Waals surface area contributed by atoms with Crippen molar-refractivity contribution in [2.45, 2.75) is 0 Å². The summed E-state index contributed by atoms with van der Waals surface area (Å²) >= 11 is 0.949. The largest absolute Gasteiger partial charge is 0.289 e. The lowest BCUT2D eigenvalue weighted by Crippen LogP contribution is -2.01. The van der Waals surface area contributed by atoms with Gasteiger partial charge in [0.2, 0.25) is 0 Å². The van der Waals surface area contributed by atoms with E-state index in [2.05, 4.69) is 4.98 Å². The summed E-state index contributed by atoms with van der Waals surface area (Å²) in [4.78, 5) is 16.1. The van der Waals surface area contributed by atoms with Crippen LogP contribution in [0.5, 0.6) is 0 Å². The number of halogens is 1. The average Bonchev–Trinajstić information content (AvgIpc) is 2.79. The number of aromatic nitrogens is 1. The Bertz CT molecular complexity index is 721. The van der Waals surface area contributed by atoms with Crippen molar-refractivity contribution in [3.63, 3.8) is 0 Å². The maximum atomic E-state index is 13.2. The van der Waals surface area contributed by atoms with Gasteiger partial charge in [-0.3, -0.25) is 4.79 Å². The van der Waals surface area contributed by atoms with E-state index in [0.717, 1.165) is 11.3 Å². The first kappa shape index (κ1) is 11.0. The Kier molecular flexibility index (Phi) is 2.64. The van der Waals surface area contributed by atoms with Gasteiger partial charge in [0.25, 0.3) is 5.26 Å². The number of ketones is 1. The minimum Gasteiger partial charge on any atom is -0.289 e. The first-order valence-electron chi connectivity index (χ1n) is 5.40. The van der Waals surface area contributed by atoms with Crippen molar-refractivity contribution >= 4 is 27.3 Å². The number of fused-ring (bicyclic) bond motifs is 1. The van der Waals surface area contributed by atoms with Gasteiger partial charge < -0.3 is 0 Å². The number of para-hydroxylation sites is 1. The molecule has 0 aliphatic rings. The first-order valence-corrected chi connectivity index (χ1v) is 6.22. The minimum absolute atomic E-state index is 0.133. The highest BCUT2D eigenvalue weighted by molar-refractivity contribution is 7.17. The zero-order valence-electron chi connectivity index (χ0n) is 9.26. The van der Waals surface area contributed by atoms with Crippen LogP contribution in [0.15, 0.2) is 48.5 Å². The zero-order valence-corrected chi connectivity index (χ0v) is 10.1. The van der Waals surface area contributed by atoms with Crippen molar-refractivity contribution < 1.29 is 9.18 Å². The molecule has 0 N–H and O–H groups in total. The van der Waals surface area contributed by atoms with E-state index in [1.807, 2.05) is 6.07 Å². The molecule has 0 atom stereocenters. The standard InChI is InChI=1S/C14H8FNOS/c15-14-16-12-10(7-4-8-11(12)18-14)13(17)9-5-2-1-3-6-9/h1-8H. The maximum absolute atomic E-state index is 13.2. The van der Waals surface area contributed by atoms with Crippen molar-refractivity contribution in [1.82, 2.24) is 4.98 Å². The van der Waals surface area contributed by atoms with Crippen LogP contribution in [0.2, 0.25) is 0 Å². The highest BCUT2D eigenvalue weighted by Gasteiger charge is 2.15. The summed E-state index contributed by atoms with van der Waals surface area (Å²) in [5.74, 6) is -0.133. The molecular weight excluding hydrogens is 249 g/mol. The Morgan fingerprint density at radius 3 is 2.61 bits per heavy atom. The van der Waals surface area contributed by atoms with Crippen molar-refractivity contribution in [3.8, 4) is 0 Å². The first-order chi connectivity index (χ1) is 8.75. The van der Waals surface area contributed by atoms with Gasteiger partial charge in [0.15, 0.2) is 5.78 Å². The average molecular weight is 257 g/mol. The minimum atomic E-state index is -0.515. The van der Waals surface area contributed by atoms with Crippen LogP contribution in [0, 0.1) is 5.26 Å². The van der Waals surface area contributed by atoms with Gasteiger partial charge in [0.05, 0.1) is 10.2 Å². The highest BCUT2D eigenvalue weighted by Crippen LogP contribution is 2.25. The number of carbonyl (C=O) groups is 1. The van der Waals surface area contributed by atoms with Crippen molar-refractivity contribution in [2.24, 2.45) is 0 Å². The molecule has 0 fully saturated rings. The summed E-state index contributed by atoms with van der Waals surface area (Å²) in [6.45, 7) is 0. The molecule has 0 saturated heterocycles. The van der Waals surface area contributed by atoms with E-state index in [4.69, 9.17) is 0 Å². The van der Waals surface area contributed by atoms with Crippen molar-refractivity contribution in [3.05, 3.63) is 64.9 Å². The smallest absolute Gasteiger partial charge is 0.270 e. The lowest BCUT2D eigenvalue weighted by molar-refractivity contribution is 0.104. The highest BCUT2D eigenvalue weighted by atomic mass is 32.1. The van der Waals surface area contributed by atoms with Gasteiger partial charge in [-0.25, -0.2) is 4.98 Å². The van der Waals surface area contributed by atoms with Crippen molar-refractivity contribution in [2.75, 3.05) is 0 Å². The van der Waals surface area contributed by atoms with Gasteiger partial charge in [-0.05, 0) is 12.1 Å². The normalized spacial score (nSPS) is 10.7. The molecule has 0 amide bonds. The second kappa shape index (κ2) is 4.31. The molecule has 0 aliphatic heterocycles. The number of rotatable bonds is 2. The van der Waals surface area contributed by atoms with Gasteiger partial charge in [0.1, 0.15) is 0 Å². The molecule has 0 bridgehead atoms. The lowest BCUT2D eigenvalue weighted by atomic mass is 10.0. The molecule has 3 rings (SSSR count). The fourth-order valence-electron chi connectivity index (χ4n) is 1.85. The monoisotopic (exact) mass is 257 g/mol. The summed E-state index contributed by atoms with van der Waals surface area (Å²) in [5, 5.41) is -0.515. The van der Waals surface area contributed by atoms with Crippen LogP contribution in [0.1, 0.15) is 15.9 Å². The molecular formula is C14H8FNOS. The van der Waals surface area contributed by atoms with Crippen LogP contribution in [-0.2, 0) is 0 Å². The fourth-order valence-corrected chi connectivity index (χ4v) is 2.57. The van der Waals surface area contributed by atoms with Gasteiger partial charge in [-0.2, -0.15) is 4.39 Å². The molecule has 18 heavy (non-hydrogen) atoms. The van der Waals surface area contributed by atoms with Crippen LogP contribution < -0.4 is 0 Å². The zero-order chi connectivity index (χ0) is 12.5. The molecule has 0 radical (unpaired) electrons. The van der Waals surface area contributed by atoms with Gasteiger partial charge in [-0.15, -0.1) is 0 Å². The fraction of sp³-hybridized carbons (Fsp3) is 0. The Balaban J connectivity index is 2.18. The summed E-state index contributed by atoms with van der Waals surface area (Å²) in [6.07, 6.45) is 0. The number of benzene rings is 2. The molecule has 1 aromatic heterocycles. The third-order valence-corrected chi connectivity index (χ3v) is 3.48. The summed E-state index contributed by atoms with van der Waals surface area (Å²) in [6, 6.07) is 14.1. The summed E-state index contributed by atoms with van der Waals surface area (Å²) in [5.41, 5.74) is 1.46. The molecule has 1 heterocycles. The molecule has 0 saturated carbocycles. The number of hydrogen-bond donors (Lipinski definition) is 0. The van der Waals surface area contributed by atoms with Crippen LogP contribution in [-0.4, -0.2) is 10.8 Å². The van der Waals surface area contributed by atoms with E-state index in [-0.39, 0.29) is 5.78 Å². The Hall–Kier alpha value is -2.07. The summed E-state index contributed by atoms with van der Waals surface area (Å²) < 4.78 is 13.9. The summed E-state index contributed by atoms with van der Waals surface area (Å²) in [7, 11) is 0. The Labute approximate surface area is 107 Å². The molecule has 2 nitrogen and oxygen atoms in total. The molecule has 0 unspecified atom stereocenters. The van der Waals surface area contributed by atoms with Gasteiger partial charge >= 0.3 is 0 Å². The predicted octanol–water partition coefficient (Wildman–Crippen LogP) is 3.67. The van der Waals surface area contributed by atoms with E-state index in [0.29, 0.717) is 21.3 Å². The van der Waals surface area contributed by atoms with E-state index >= 15 is 0 Å².